The van der Waals surface area contributed by atoms with E-state index in [-0.39, 0.29) is 0 Å². The standard InChI is InChI=1S/C18H26/c1-6-11-16(14(4)7-2)18-13-10-9-12-17(18)15(5)8-3/h6-7,9,11-12,15H,2,8,10,13H2,1,3-5H3/b11-6-,16-14+. The van der Waals surface area contributed by atoms with Gasteiger partial charge < -0.3 is 0 Å². The highest BCUT2D eigenvalue weighted by molar-refractivity contribution is 5.52. The van der Waals surface area contributed by atoms with Crippen LogP contribution in [0.5, 0.6) is 0 Å². The zero-order valence-corrected chi connectivity index (χ0v) is 12.3. The lowest BCUT2D eigenvalue weighted by atomic mass is 9.83. The summed E-state index contributed by atoms with van der Waals surface area (Å²) in [5.41, 5.74) is 5.67. The lowest BCUT2D eigenvalue weighted by Crippen LogP contribution is -2.06. The van der Waals surface area contributed by atoms with Crippen molar-refractivity contribution >= 4 is 0 Å². The van der Waals surface area contributed by atoms with Gasteiger partial charge in [-0.05, 0) is 61.3 Å². The van der Waals surface area contributed by atoms with Gasteiger partial charge in [-0.1, -0.05) is 50.8 Å². The normalized spacial score (nSPS) is 19.1. The average molecular weight is 242 g/mol. The molecule has 0 saturated carbocycles. The van der Waals surface area contributed by atoms with Crippen LogP contribution in [-0.4, -0.2) is 0 Å². The van der Waals surface area contributed by atoms with Crippen LogP contribution in [0.2, 0.25) is 0 Å². The van der Waals surface area contributed by atoms with Crippen LogP contribution in [0.1, 0.15) is 47.0 Å². The third-order valence-electron chi connectivity index (χ3n) is 3.74. The highest BCUT2D eigenvalue weighted by Crippen LogP contribution is 2.33. The van der Waals surface area contributed by atoms with Crippen molar-refractivity contribution < 1.29 is 0 Å². The summed E-state index contributed by atoms with van der Waals surface area (Å²) in [5, 5.41) is 0. The second kappa shape index (κ2) is 7.20. The molecule has 0 heteroatoms. The van der Waals surface area contributed by atoms with Crippen LogP contribution < -0.4 is 0 Å². The van der Waals surface area contributed by atoms with Gasteiger partial charge in [0.1, 0.15) is 0 Å². The Labute approximate surface area is 112 Å². The second-order valence-corrected chi connectivity index (χ2v) is 4.99. The lowest BCUT2D eigenvalue weighted by Gasteiger charge is -2.22. The lowest BCUT2D eigenvalue weighted by molar-refractivity contribution is 0.655. The first kappa shape index (κ1) is 14.8. The molecule has 0 aromatic rings. The first-order chi connectivity index (χ1) is 8.65. The van der Waals surface area contributed by atoms with Gasteiger partial charge in [0.25, 0.3) is 0 Å². The molecule has 0 amide bonds. The van der Waals surface area contributed by atoms with Gasteiger partial charge in [0.15, 0.2) is 0 Å². The highest BCUT2D eigenvalue weighted by Gasteiger charge is 2.16. The van der Waals surface area contributed by atoms with E-state index in [2.05, 4.69) is 58.6 Å². The Morgan fingerprint density at radius 3 is 2.78 bits per heavy atom. The van der Waals surface area contributed by atoms with Crippen molar-refractivity contribution in [2.45, 2.75) is 47.0 Å². The van der Waals surface area contributed by atoms with Crippen molar-refractivity contribution in [1.82, 2.24) is 0 Å². The molecule has 0 aromatic heterocycles. The number of allylic oxidation sites excluding steroid dienone is 9. The summed E-state index contributed by atoms with van der Waals surface area (Å²) >= 11 is 0. The molecule has 0 saturated heterocycles. The zero-order chi connectivity index (χ0) is 13.5. The molecule has 18 heavy (non-hydrogen) atoms. The molecular formula is C18H26. The maximum atomic E-state index is 3.92. The van der Waals surface area contributed by atoms with E-state index in [9.17, 15) is 0 Å². The number of rotatable bonds is 5. The molecule has 1 atom stereocenters. The van der Waals surface area contributed by atoms with Crippen LogP contribution in [0.3, 0.4) is 0 Å². The first-order valence-electron chi connectivity index (χ1n) is 7.01. The molecule has 0 aliphatic heterocycles. The quantitative estimate of drug-likeness (QED) is 0.538. The topological polar surface area (TPSA) is 0 Å². The molecule has 0 nitrogen and oxygen atoms in total. The van der Waals surface area contributed by atoms with E-state index in [0.717, 1.165) is 12.8 Å². The Balaban J connectivity index is 3.34. The Morgan fingerprint density at radius 1 is 1.50 bits per heavy atom. The molecule has 0 bridgehead atoms. The minimum absolute atomic E-state index is 0.634. The molecule has 0 aromatic carbocycles. The number of hydrogen-bond acceptors (Lipinski definition) is 0. The molecule has 0 spiro atoms. The zero-order valence-electron chi connectivity index (χ0n) is 12.3. The smallest absolute Gasteiger partial charge is 0.0190 e. The van der Waals surface area contributed by atoms with Crippen molar-refractivity contribution in [3.63, 3.8) is 0 Å². The SMILES string of the molecule is C=C/C(C)=C(\C=C/C)C1=C(C(C)CC)C=CCC1. The molecule has 98 valence electrons. The summed E-state index contributed by atoms with van der Waals surface area (Å²) in [6.45, 7) is 12.7. The molecular weight excluding hydrogens is 216 g/mol. The molecule has 1 aliphatic carbocycles. The van der Waals surface area contributed by atoms with Crippen LogP contribution in [0.25, 0.3) is 0 Å². The fraction of sp³-hybridized carbons (Fsp3) is 0.444. The average Bonchev–Trinajstić information content (AvgIpc) is 2.43. The summed E-state index contributed by atoms with van der Waals surface area (Å²) < 4.78 is 0. The number of hydrogen-bond donors (Lipinski definition) is 0. The third-order valence-corrected chi connectivity index (χ3v) is 3.74. The summed E-state index contributed by atoms with van der Waals surface area (Å²) in [5.74, 6) is 0.634. The van der Waals surface area contributed by atoms with Gasteiger partial charge in [-0.3, -0.25) is 0 Å². The van der Waals surface area contributed by atoms with Crippen LogP contribution >= 0.6 is 0 Å². The van der Waals surface area contributed by atoms with E-state index in [0.29, 0.717) is 5.92 Å². The fourth-order valence-electron chi connectivity index (χ4n) is 2.40. The van der Waals surface area contributed by atoms with Crippen LogP contribution in [0, 0.1) is 5.92 Å². The van der Waals surface area contributed by atoms with Crippen molar-refractivity contribution in [2.24, 2.45) is 5.92 Å². The molecule has 1 rings (SSSR count). The van der Waals surface area contributed by atoms with Gasteiger partial charge >= 0.3 is 0 Å². The summed E-state index contributed by atoms with van der Waals surface area (Å²) in [6, 6.07) is 0. The predicted octanol–water partition coefficient (Wildman–Crippen LogP) is 5.76. The van der Waals surface area contributed by atoms with E-state index in [1.54, 1.807) is 0 Å². The summed E-state index contributed by atoms with van der Waals surface area (Å²) in [7, 11) is 0. The Bertz CT molecular complexity index is 413. The molecule has 0 radical (unpaired) electrons. The predicted molar refractivity (Wildman–Crippen MR) is 82.6 cm³/mol. The highest BCUT2D eigenvalue weighted by atomic mass is 14.2. The van der Waals surface area contributed by atoms with E-state index >= 15 is 0 Å². The van der Waals surface area contributed by atoms with Crippen molar-refractivity contribution in [3.8, 4) is 0 Å². The fourth-order valence-corrected chi connectivity index (χ4v) is 2.40. The van der Waals surface area contributed by atoms with Crippen LogP contribution in [0.4, 0.5) is 0 Å². The Morgan fingerprint density at radius 2 is 2.22 bits per heavy atom. The van der Waals surface area contributed by atoms with Crippen LogP contribution in [-0.2, 0) is 0 Å². The maximum absolute atomic E-state index is 3.92. The van der Waals surface area contributed by atoms with Crippen molar-refractivity contribution in [1.29, 1.82) is 0 Å². The van der Waals surface area contributed by atoms with Crippen molar-refractivity contribution in [2.75, 3.05) is 0 Å². The molecule has 0 N–H and O–H groups in total. The third kappa shape index (κ3) is 3.35. The first-order valence-corrected chi connectivity index (χ1v) is 7.01. The van der Waals surface area contributed by atoms with E-state index in [1.807, 2.05) is 6.08 Å². The Kier molecular flexibility index (Phi) is 5.91. The van der Waals surface area contributed by atoms with Gasteiger partial charge in [0, 0.05) is 0 Å². The Hall–Kier alpha value is -1.30. The van der Waals surface area contributed by atoms with Gasteiger partial charge in [-0.15, -0.1) is 0 Å². The molecule has 1 unspecified atom stereocenters. The van der Waals surface area contributed by atoms with E-state index in [4.69, 9.17) is 0 Å². The minimum Gasteiger partial charge on any atom is -0.0988 e. The van der Waals surface area contributed by atoms with Crippen LogP contribution in [0.15, 0.2) is 59.3 Å². The summed E-state index contributed by atoms with van der Waals surface area (Å²) in [4.78, 5) is 0. The monoisotopic (exact) mass is 242 g/mol. The minimum atomic E-state index is 0.634. The van der Waals surface area contributed by atoms with Gasteiger partial charge in [0.2, 0.25) is 0 Å². The molecule has 1 aliphatic rings. The van der Waals surface area contributed by atoms with E-state index in [1.165, 1.54) is 28.7 Å². The molecule has 0 heterocycles. The van der Waals surface area contributed by atoms with E-state index < -0.39 is 0 Å². The van der Waals surface area contributed by atoms with Gasteiger partial charge in [-0.25, -0.2) is 0 Å². The summed E-state index contributed by atoms with van der Waals surface area (Å²) in [6.07, 6.45) is 14.5. The maximum Gasteiger partial charge on any atom is -0.0190 e. The largest absolute Gasteiger partial charge is 0.0988 e. The van der Waals surface area contributed by atoms with Gasteiger partial charge in [-0.2, -0.15) is 0 Å². The van der Waals surface area contributed by atoms with Gasteiger partial charge in [0.05, 0.1) is 0 Å². The van der Waals surface area contributed by atoms with Crippen molar-refractivity contribution in [3.05, 3.63) is 59.3 Å². The second-order valence-electron chi connectivity index (χ2n) is 4.99. The molecule has 0 fully saturated rings.